The molecule has 1 amide bonds. The van der Waals surface area contributed by atoms with E-state index in [1.807, 2.05) is 6.07 Å². The predicted octanol–water partition coefficient (Wildman–Crippen LogP) is 3.36. The second kappa shape index (κ2) is 6.21. The monoisotopic (exact) mass is 267 g/mol. The highest BCUT2D eigenvalue weighted by molar-refractivity contribution is 5.97. The van der Waals surface area contributed by atoms with Crippen LogP contribution in [0.2, 0.25) is 0 Å². The van der Waals surface area contributed by atoms with Crippen molar-refractivity contribution in [3.05, 3.63) is 29.8 Å². The molecule has 1 saturated carbocycles. The third kappa shape index (κ3) is 2.97. The third-order valence-corrected chi connectivity index (χ3v) is 3.86. The van der Waals surface area contributed by atoms with Gasteiger partial charge < -0.3 is 5.32 Å². The minimum Gasteiger partial charge on any atom is -0.325 e. The summed E-state index contributed by atoms with van der Waals surface area (Å²) in [6.07, 6.45) is 5.24. The van der Waals surface area contributed by atoms with Crippen LogP contribution in [0.1, 0.15) is 44.1 Å². The molecule has 0 unspecified atom stereocenters. The average molecular weight is 267 g/mol. The van der Waals surface area contributed by atoms with Gasteiger partial charge in [-0.25, -0.2) is 0 Å². The normalized spacial score (nSPS) is 17.3. The number of nitrogens with zero attached hydrogens (tertiary/aromatic N) is 2. The molecule has 1 aromatic rings. The van der Waals surface area contributed by atoms with E-state index in [4.69, 9.17) is 5.26 Å². The summed E-state index contributed by atoms with van der Waals surface area (Å²) in [6, 6.07) is 11.0. The number of amides is 1. The zero-order valence-electron chi connectivity index (χ0n) is 11.4. The number of nitriles is 2. The van der Waals surface area contributed by atoms with Crippen molar-refractivity contribution in [2.24, 2.45) is 5.41 Å². The fourth-order valence-electron chi connectivity index (χ4n) is 2.64. The van der Waals surface area contributed by atoms with Gasteiger partial charge in [0.1, 0.15) is 5.41 Å². The van der Waals surface area contributed by atoms with Gasteiger partial charge in [-0.1, -0.05) is 31.7 Å². The van der Waals surface area contributed by atoms with Crippen molar-refractivity contribution in [2.75, 3.05) is 5.32 Å². The Morgan fingerprint density at radius 3 is 2.45 bits per heavy atom. The first-order valence-electron chi connectivity index (χ1n) is 6.93. The van der Waals surface area contributed by atoms with Crippen molar-refractivity contribution in [2.45, 2.75) is 38.5 Å². The Kier molecular flexibility index (Phi) is 4.38. The van der Waals surface area contributed by atoms with Crippen molar-refractivity contribution >= 4 is 11.6 Å². The molecule has 0 saturated heterocycles. The molecule has 0 spiro atoms. The Hall–Kier alpha value is -2.33. The number of nitrogens with one attached hydrogen (secondary N) is 1. The van der Waals surface area contributed by atoms with Crippen LogP contribution in [0.5, 0.6) is 0 Å². The first-order valence-corrected chi connectivity index (χ1v) is 6.93. The lowest BCUT2D eigenvalue weighted by Gasteiger charge is -2.23. The van der Waals surface area contributed by atoms with E-state index < -0.39 is 5.41 Å². The molecular weight excluding hydrogens is 250 g/mol. The zero-order valence-corrected chi connectivity index (χ0v) is 11.4. The van der Waals surface area contributed by atoms with Crippen LogP contribution in [-0.2, 0) is 4.79 Å². The summed E-state index contributed by atoms with van der Waals surface area (Å²) >= 11 is 0. The molecule has 1 N–H and O–H groups in total. The Morgan fingerprint density at radius 2 is 1.85 bits per heavy atom. The van der Waals surface area contributed by atoms with Gasteiger partial charge in [0, 0.05) is 5.69 Å². The molecule has 2 rings (SSSR count). The summed E-state index contributed by atoms with van der Waals surface area (Å²) in [5.74, 6) is -0.239. The van der Waals surface area contributed by atoms with Gasteiger partial charge in [0.25, 0.3) is 0 Å². The number of carbonyl (C=O) groups excluding carboxylic acids is 1. The molecule has 102 valence electrons. The molecular formula is C16H17N3O. The van der Waals surface area contributed by atoms with Crippen molar-refractivity contribution in [3.8, 4) is 12.1 Å². The molecule has 4 heteroatoms. The molecule has 1 fully saturated rings. The molecule has 0 aliphatic heterocycles. The van der Waals surface area contributed by atoms with Gasteiger partial charge in [0.15, 0.2) is 0 Å². The standard InChI is InChI=1S/C16H17N3O/c17-11-13-6-5-7-14(10-13)19-15(20)16(12-18)8-3-1-2-4-9-16/h5-7,10H,1-4,8-9H2,(H,19,20). The summed E-state index contributed by atoms with van der Waals surface area (Å²) in [4.78, 5) is 12.5. The van der Waals surface area contributed by atoms with E-state index in [0.717, 1.165) is 25.7 Å². The minimum atomic E-state index is -0.918. The lowest BCUT2D eigenvalue weighted by atomic mass is 9.81. The summed E-state index contributed by atoms with van der Waals surface area (Å²) < 4.78 is 0. The smallest absolute Gasteiger partial charge is 0.244 e. The van der Waals surface area contributed by atoms with Crippen LogP contribution in [0, 0.1) is 28.1 Å². The van der Waals surface area contributed by atoms with Gasteiger partial charge >= 0.3 is 0 Å². The first-order chi connectivity index (χ1) is 9.70. The SMILES string of the molecule is N#Cc1cccc(NC(=O)C2(C#N)CCCCCC2)c1. The maximum Gasteiger partial charge on any atom is 0.244 e. The highest BCUT2D eigenvalue weighted by Gasteiger charge is 2.38. The van der Waals surface area contributed by atoms with Gasteiger partial charge in [-0.05, 0) is 31.0 Å². The molecule has 1 aromatic carbocycles. The first kappa shape index (κ1) is 14.1. The highest BCUT2D eigenvalue weighted by atomic mass is 16.2. The van der Waals surface area contributed by atoms with E-state index in [1.54, 1.807) is 24.3 Å². The summed E-state index contributed by atoms with van der Waals surface area (Å²) in [7, 11) is 0. The zero-order chi connectivity index (χ0) is 14.4. The lowest BCUT2D eigenvalue weighted by molar-refractivity contribution is -0.123. The summed E-state index contributed by atoms with van der Waals surface area (Å²) in [5, 5.41) is 21.1. The molecule has 0 aromatic heterocycles. The van der Waals surface area contributed by atoms with Gasteiger partial charge in [-0.3, -0.25) is 4.79 Å². The second-order valence-electron chi connectivity index (χ2n) is 5.25. The van der Waals surface area contributed by atoms with Gasteiger partial charge in [-0.15, -0.1) is 0 Å². The topological polar surface area (TPSA) is 76.7 Å². The number of rotatable bonds is 2. The van der Waals surface area contributed by atoms with E-state index in [-0.39, 0.29) is 5.91 Å². The number of hydrogen-bond donors (Lipinski definition) is 1. The fourth-order valence-corrected chi connectivity index (χ4v) is 2.64. The van der Waals surface area contributed by atoms with E-state index >= 15 is 0 Å². The molecule has 0 heterocycles. The van der Waals surface area contributed by atoms with Crippen LogP contribution < -0.4 is 5.32 Å². The van der Waals surface area contributed by atoms with Crippen LogP contribution in [0.3, 0.4) is 0 Å². The van der Waals surface area contributed by atoms with Crippen LogP contribution in [-0.4, -0.2) is 5.91 Å². The number of benzene rings is 1. The van der Waals surface area contributed by atoms with E-state index in [2.05, 4.69) is 11.4 Å². The largest absolute Gasteiger partial charge is 0.325 e. The van der Waals surface area contributed by atoms with Crippen molar-refractivity contribution in [3.63, 3.8) is 0 Å². The van der Waals surface area contributed by atoms with Crippen molar-refractivity contribution < 1.29 is 4.79 Å². The van der Waals surface area contributed by atoms with Crippen LogP contribution >= 0.6 is 0 Å². The summed E-state index contributed by atoms with van der Waals surface area (Å²) in [6.45, 7) is 0. The molecule has 0 radical (unpaired) electrons. The predicted molar refractivity (Wildman–Crippen MR) is 75.5 cm³/mol. The Labute approximate surface area is 119 Å². The Balaban J connectivity index is 2.17. The van der Waals surface area contributed by atoms with Gasteiger partial charge in [-0.2, -0.15) is 10.5 Å². The molecule has 20 heavy (non-hydrogen) atoms. The van der Waals surface area contributed by atoms with Crippen molar-refractivity contribution in [1.82, 2.24) is 0 Å². The summed E-state index contributed by atoms with van der Waals surface area (Å²) in [5.41, 5.74) is 0.154. The van der Waals surface area contributed by atoms with Crippen LogP contribution in [0.4, 0.5) is 5.69 Å². The molecule has 1 aliphatic carbocycles. The van der Waals surface area contributed by atoms with E-state index in [0.29, 0.717) is 24.1 Å². The van der Waals surface area contributed by atoms with Crippen LogP contribution in [0.25, 0.3) is 0 Å². The lowest BCUT2D eigenvalue weighted by Crippen LogP contribution is -2.34. The van der Waals surface area contributed by atoms with Crippen molar-refractivity contribution in [1.29, 1.82) is 10.5 Å². The third-order valence-electron chi connectivity index (χ3n) is 3.86. The minimum absolute atomic E-state index is 0.239. The average Bonchev–Trinajstić information content (AvgIpc) is 2.74. The fraction of sp³-hybridized carbons (Fsp3) is 0.438. The molecule has 0 bridgehead atoms. The Bertz CT molecular complexity index is 572. The maximum atomic E-state index is 12.5. The van der Waals surface area contributed by atoms with Crippen LogP contribution in [0.15, 0.2) is 24.3 Å². The number of carbonyl (C=O) groups is 1. The second-order valence-corrected chi connectivity index (χ2v) is 5.25. The van der Waals surface area contributed by atoms with E-state index in [9.17, 15) is 10.1 Å². The molecule has 0 atom stereocenters. The quantitative estimate of drug-likeness (QED) is 0.834. The highest BCUT2D eigenvalue weighted by Crippen LogP contribution is 2.35. The molecule has 4 nitrogen and oxygen atoms in total. The maximum absolute atomic E-state index is 12.5. The number of anilines is 1. The number of hydrogen-bond acceptors (Lipinski definition) is 3. The van der Waals surface area contributed by atoms with Gasteiger partial charge in [0.05, 0.1) is 17.7 Å². The molecule has 1 aliphatic rings. The Morgan fingerprint density at radius 1 is 1.15 bits per heavy atom. The van der Waals surface area contributed by atoms with E-state index in [1.165, 1.54) is 0 Å². The van der Waals surface area contributed by atoms with Gasteiger partial charge in [0.2, 0.25) is 5.91 Å².